The molecule has 5 rings (SSSR count). The number of fused-ring (bicyclic) bond motifs is 3. The first-order valence-corrected chi connectivity index (χ1v) is 12.9. The van der Waals surface area contributed by atoms with Crippen LogP contribution in [0.2, 0.25) is 0 Å². The second-order valence-electron chi connectivity index (χ2n) is 8.29. The summed E-state index contributed by atoms with van der Waals surface area (Å²) in [7, 11) is -0.927. The number of nitrogens with zero attached hydrogens (tertiary/aromatic N) is 4. The number of hydrogen-bond acceptors (Lipinski definition) is 6. The number of pyridine rings is 1. The molecule has 34 heavy (non-hydrogen) atoms. The highest BCUT2D eigenvalue weighted by molar-refractivity contribution is 9.10. The van der Waals surface area contributed by atoms with Gasteiger partial charge in [-0.1, -0.05) is 18.2 Å². The van der Waals surface area contributed by atoms with Crippen LogP contribution in [0.5, 0.6) is 0 Å². The molecule has 178 valence electrons. The summed E-state index contributed by atoms with van der Waals surface area (Å²) in [6, 6.07) is 7.82. The SMILES string of the molecule is COC(=O)NC1CCC(n2c(=O)n(C)c3cnc4c(c(Br)cn4S(=O)(=O)c4ccccc4)c32)C1. The normalized spacial score (nSPS) is 18.6. The maximum atomic E-state index is 13.4. The van der Waals surface area contributed by atoms with E-state index in [1.54, 1.807) is 29.8 Å². The van der Waals surface area contributed by atoms with E-state index in [1.807, 2.05) is 0 Å². The van der Waals surface area contributed by atoms with Gasteiger partial charge in [0.1, 0.15) is 0 Å². The number of aryl methyl sites for hydroxylation is 1. The fourth-order valence-electron chi connectivity index (χ4n) is 4.72. The summed E-state index contributed by atoms with van der Waals surface area (Å²) in [4.78, 5) is 29.5. The lowest BCUT2D eigenvalue weighted by Gasteiger charge is -2.14. The van der Waals surface area contributed by atoms with Gasteiger partial charge in [0, 0.05) is 29.8 Å². The Balaban J connectivity index is 1.70. The number of amides is 1. The van der Waals surface area contributed by atoms with Crippen LogP contribution in [0, 0.1) is 0 Å². The first-order valence-electron chi connectivity index (χ1n) is 10.7. The first kappa shape index (κ1) is 22.7. The molecule has 0 radical (unpaired) electrons. The molecular weight excluding hydrogens is 526 g/mol. The molecule has 0 bridgehead atoms. The molecule has 4 aromatic rings. The highest BCUT2D eigenvalue weighted by Gasteiger charge is 2.32. The van der Waals surface area contributed by atoms with Crippen LogP contribution in [0.4, 0.5) is 4.79 Å². The van der Waals surface area contributed by atoms with Crippen molar-refractivity contribution in [3.63, 3.8) is 0 Å². The number of ether oxygens (including phenoxy) is 1. The average molecular weight is 548 g/mol. The zero-order valence-electron chi connectivity index (χ0n) is 18.4. The summed E-state index contributed by atoms with van der Waals surface area (Å²) in [5, 5.41) is 3.35. The van der Waals surface area contributed by atoms with E-state index >= 15 is 0 Å². The van der Waals surface area contributed by atoms with Crippen LogP contribution < -0.4 is 11.0 Å². The third-order valence-electron chi connectivity index (χ3n) is 6.36. The summed E-state index contributed by atoms with van der Waals surface area (Å²) in [6.07, 6.45) is 4.42. The van der Waals surface area contributed by atoms with Gasteiger partial charge >= 0.3 is 11.8 Å². The monoisotopic (exact) mass is 547 g/mol. The molecule has 0 aliphatic heterocycles. The van der Waals surface area contributed by atoms with E-state index in [0.717, 1.165) is 3.97 Å². The Bertz CT molecular complexity index is 1590. The van der Waals surface area contributed by atoms with E-state index in [1.165, 1.54) is 36.2 Å². The molecule has 2 unspecified atom stereocenters. The van der Waals surface area contributed by atoms with Crippen LogP contribution in [0.1, 0.15) is 25.3 Å². The van der Waals surface area contributed by atoms with Crippen molar-refractivity contribution in [3.05, 3.63) is 57.7 Å². The average Bonchev–Trinajstić information content (AvgIpc) is 3.50. The maximum Gasteiger partial charge on any atom is 0.407 e. The van der Waals surface area contributed by atoms with E-state index in [9.17, 15) is 18.0 Å². The van der Waals surface area contributed by atoms with Crippen LogP contribution in [0.15, 0.2) is 56.9 Å². The smallest absolute Gasteiger partial charge is 0.407 e. The molecule has 0 spiro atoms. The van der Waals surface area contributed by atoms with Crippen molar-refractivity contribution in [2.45, 2.75) is 36.2 Å². The van der Waals surface area contributed by atoms with Gasteiger partial charge in [0.05, 0.1) is 34.6 Å². The van der Waals surface area contributed by atoms with Crippen LogP contribution in [-0.2, 0) is 21.8 Å². The van der Waals surface area contributed by atoms with Gasteiger partial charge in [-0.2, -0.15) is 0 Å². The van der Waals surface area contributed by atoms with E-state index in [4.69, 9.17) is 4.74 Å². The molecule has 1 fully saturated rings. The Labute approximate surface area is 203 Å². The van der Waals surface area contributed by atoms with Crippen molar-refractivity contribution in [2.24, 2.45) is 7.05 Å². The molecule has 10 nitrogen and oxygen atoms in total. The van der Waals surface area contributed by atoms with Crippen LogP contribution in [0.25, 0.3) is 22.1 Å². The Morgan fingerprint density at radius 3 is 2.68 bits per heavy atom. The number of aromatic nitrogens is 4. The molecule has 1 saturated carbocycles. The predicted molar refractivity (Wildman–Crippen MR) is 129 cm³/mol. The third-order valence-corrected chi connectivity index (χ3v) is 8.63. The molecule has 0 saturated heterocycles. The zero-order valence-corrected chi connectivity index (χ0v) is 20.8. The number of nitrogens with one attached hydrogen (secondary N) is 1. The molecule has 1 N–H and O–H groups in total. The minimum absolute atomic E-state index is 0.122. The van der Waals surface area contributed by atoms with Crippen molar-refractivity contribution < 1.29 is 17.9 Å². The van der Waals surface area contributed by atoms with Crippen molar-refractivity contribution in [2.75, 3.05) is 7.11 Å². The van der Waals surface area contributed by atoms with Crippen LogP contribution in [-0.4, -0.2) is 45.8 Å². The van der Waals surface area contributed by atoms with Crippen molar-refractivity contribution >= 4 is 54.1 Å². The number of benzene rings is 1. The molecule has 1 aliphatic carbocycles. The lowest BCUT2D eigenvalue weighted by atomic mass is 10.2. The molecule has 3 aromatic heterocycles. The quantitative estimate of drug-likeness (QED) is 0.419. The Morgan fingerprint density at radius 1 is 1.24 bits per heavy atom. The molecule has 1 aliphatic rings. The van der Waals surface area contributed by atoms with Gasteiger partial charge in [-0.25, -0.2) is 27.0 Å². The van der Waals surface area contributed by atoms with E-state index in [-0.39, 0.29) is 28.3 Å². The maximum absolute atomic E-state index is 13.4. The molecule has 1 aromatic carbocycles. The van der Waals surface area contributed by atoms with Crippen molar-refractivity contribution in [1.82, 2.24) is 23.4 Å². The third kappa shape index (κ3) is 3.43. The number of carbonyl (C=O) groups excluding carboxylic acids is 1. The molecule has 3 heterocycles. The van der Waals surface area contributed by atoms with Gasteiger partial charge in [-0.15, -0.1) is 0 Å². The topological polar surface area (TPSA) is 117 Å². The van der Waals surface area contributed by atoms with E-state index < -0.39 is 16.1 Å². The minimum atomic E-state index is -3.91. The van der Waals surface area contributed by atoms with Gasteiger partial charge in [0.25, 0.3) is 10.0 Å². The largest absolute Gasteiger partial charge is 0.453 e. The number of carbonyl (C=O) groups is 1. The fraction of sp³-hybridized carbons (Fsp3) is 0.318. The molecular formula is C22H22BrN5O5S. The van der Waals surface area contributed by atoms with Crippen molar-refractivity contribution in [1.29, 1.82) is 0 Å². The van der Waals surface area contributed by atoms with Gasteiger partial charge < -0.3 is 10.1 Å². The summed E-state index contributed by atoms with van der Waals surface area (Å²) in [6.45, 7) is 0. The lowest BCUT2D eigenvalue weighted by Crippen LogP contribution is -2.33. The van der Waals surface area contributed by atoms with Gasteiger partial charge in [0.2, 0.25) is 0 Å². The van der Waals surface area contributed by atoms with E-state index in [2.05, 4.69) is 26.2 Å². The fourth-order valence-corrected chi connectivity index (χ4v) is 6.77. The van der Waals surface area contributed by atoms with Gasteiger partial charge in [-0.05, 0) is 47.3 Å². The van der Waals surface area contributed by atoms with Gasteiger partial charge in [0.15, 0.2) is 5.65 Å². The number of methoxy groups -OCH3 is 1. The lowest BCUT2D eigenvalue weighted by molar-refractivity contribution is 0.166. The first-order chi connectivity index (χ1) is 16.2. The van der Waals surface area contributed by atoms with Crippen LogP contribution >= 0.6 is 15.9 Å². The van der Waals surface area contributed by atoms with Crippen molar-refractivity contribution in [3.8, 4) is 0 Å². The predicted octanol–water partition coefficient (Wildman–Crippen LogP) is 3.14. The Morgan fingerprint density at radius 2 is 1.97 bits per heavy atom. The number of rotatable bonds is 4. The summed E-state index contributed by atoms with van der Waals surface area (Å²) in [5.74, 6) is 0. The Kier molecular flexibility index (Phi) is 5.52. The highest BCUT2D eigenvalue weighted by atomic mass is 79.9. The number of hydrogen-bond donors (Lipinski definition) is 1. The highest BCUT2D eigenvalue weighted by Crippen LogP contribution is 2.37. The van der Waals surface area contributed by atoms with Crippen LogP contribution in [0.3, 0.4) is 0 Å². The summed E-state index contributed by atoms with van der Waals surface area (Å²) < 4.78 is 36.3. The zero-order chi connectivity index (χ0) is 24.2. The summed E-state index contributed by atoms with van der Waals surface area (Å²) in [5.41, 5.74) is 1.20. The summed E-state index contributed by atoms with van der Waals surface area (Å²) >= 11 is 3.51. The number of alkyl carbamates (subject to hydrolysis) is 1. The second-order valence-corrected chi connectivity index (χ2v) is 11.0. The molecule has 2 atom stereocenters. The Hall–Kier alpha value is -3.12. The number of halogens is 1. The standard InChI is InChI=1S/C22H22BrN5O5S/c1-26-17-11-24-20-18(16(23)12-27(20)34(31,32)15-6-4-3-5-7-15)19(17)28(22(26)30)14-9-8-13(10-14)25-21(29)33-2/h3-7,11-14H,8-10H2,1-2H3,(H,25,29). The molecule has 1 amide bonds. The van der Waals surface area contributed by atoms with E-state index in [0.29, 0.717) is 40.2 Å². The second kappa shape index (κ2) is 8.27. The van der Waals surface area contributed by atoms with Gasteiger partial charge in [-0.3, -0.25) is 9.13 Å². The number of imidazole rings is 1. The molecule has 12 heteroatoms. The minimum Gasteiger partial charge on any atom is -0.453 e.